The smallest absolute Gasteiger partial charge is 0.255 e. The summed E-state index contributed by atoms with van der Waals surface area (Å²) in [5, 5.41) is 17.2. The fourth-order valence-electron chi connectivity index (χ4n) is 3.36. The van der Waals surface area contributed by atoms with E-state index in [1.165, 1.54) is 20.0 Å². The maximum absolute atomic E-state index is 14.1. The van der Waals surface area contributed by atoms with Gasteiger partial charge < -0.3 is 15.7 Å². The van der Waals surface area contributed by atoms with Gasteiger partial charge >= 0.3 is 0 Å². The minimum absolute atomic E-state index is 0.283. The Morgan fingerprint density at radius 3 is 2.81 bits per heavy atom. The third-order valence-corrected chi connectivity index (χ3v) is 5.75. The summed E-state index contributed by atoms with van der Waals surface area (Å²) in [5.74, 6) is 0.151. The van der Waals surface area contributed by atoms with Crippen LogP contribution in [0.5, 0.6) is 0 Å². The van der Waals surface area contributed by atoms with Gasteiger partial charge in [0.2, 0.25) is 0 Å². The van der Waals surface area contributed by atoms with E-state index < -0.39 is 17.7 Å². The number of anilines is 1. The van der Waals surface area contributed by atoms with Crippen molar-refractivity contribution in [3.63, 3.8) is 0 Å². The lowest BCUT2D eigenvalue weighted by Crippen LogP contribution is -2.42. The first-order chi connectivity index (χ1) is 14.7. The molecule has 0 spiro atoms. The van der Waals surface area contributed by atoms with Gasteiger partial charge in [0.05, 0.1) is 28.4 Å². The first-order valence-corrected chi connectivity index (χ1v) is 10.6. The normalized spacial score (nSPS) is 15.5. The zero-order chi connectivity index (χ0) is 22.2. The summed E-state index contributed by atoms with van der Waals surface area (Å²) >= 11 is 6.03. The Bertz CT molecular complexity index is 1110. The molecule has 0 aromatic carbocycles. The second-order valence-electron chi connectivity index (χ2n) is 8.44. The van der Waals surface area contributed by atoms with E-state index in [0.29, 0.717) is 27.7 Å². The summed E-state index contributed by atoms with van der Waals surface area (Å²) in [6, 6.07) is 5.80. The molecule has 9 heteroatoms. The lowest BCUT2D eigenvalue weighted by atomic mass is 9.92. The Kier molecular flexibility index (Phi) is 5.85. The molecule has 1 aliphatic carbocycles. The van der Waals surface area contributed by atoms with Crippen molar-refractivity contribution in [2.45, 2.75) is 50.9 Å². The fourth-order valence-corrected chi connectivity index (χ4v) is 3.52. The minimum Gasteiger partial charge on any atom is -0.387 e. The van der Waals surface area contributed by atoms with E-state index in [0.717, 1.165) is 24.6 Å². The Balaban J connectivity index is 1.63. The van der Waals surface area contributed by atoms with Gasteiger partial charge in [-0.3, -0.25) is 9.36 Å². The van der Waals surface area contributed by atoms with E-state index in [4.69, 9.17) is 11.6 Å². The summed E-state index contributed by atoms with van der Waals surface area (Å²) in [6.07, 6.45) is 6.50. The van der Waals surface area contributed by atoms with Crippen LogP contribution in [-0.2, 0) is 0 Å². The van der Waals surface area contributed by atoms with Crippen LogP contribution < -0.4 is 10.6 Å². The van der Waals surface area contributed by atoms with Crippen LogP contribution in [0, 0.1) is 0 Å². The van der Waals surface area contributed by atoms with Gasteiger partial charge in [-0.1, -0.05) is 11.6 Å². The number of fused-ring (bicyclic) bond motifs is 1. The van der Waals surface area contributed by atoms with E-state index in [9.17, 15) is 14.3 Å². The van der Waals surface area contributed by atoms with Gasteiger partial charge in [-0.25, -0.2) is 14.4 Å². The topological polar surface area (TPSA) is 92.1 Å². The number of alkyl halides is 1. The summed E-state index contributed by atoms with van der Waals surface area (Å²) in [4.78, 5) is 21.6. The molecule has 0 aliphatic heterocycles. The SMILES string of the molecule is CC(C)(O)C(F)CNC(=O)c1cnc(-n2ccc3cc(Cl)cnc32)cc1NC1CCC1. The molecule has 1 atom stereocenters. The molecule has 1 saturated carbocycles. The lowest BCUT2D eigenvalue weighted by Gasteiger charge is -2.28. The molecule has 3 aromatic heterocycles. The van der Waals surface area contributed by atoms with Crippen molar-refractivity contribution in [2.75, 3.05) is 11.9 Å². The van der Waals surface area contributed by atoms with E-state index in [2.05, 4.69) is 20.6 Å². The predicted octanol–water partition coefficient (Wildman–Crippen LogP) is 3.88. The maximum Gasteiger partial charge on any atom is 0.255 e. The molecule has 3 aromatic rings. The molecule has 3 heterocycles. The van der Waals surface area contributed by atoms with Crippen LogP contribution in [0.25, 0.3) is 16.9 Å². The van der Waals surface area contributed by atoms with Crippen LogP contribution >= 0.6 is 11.6 Å². The fraction of sp³-hybridized carbons (Fsp3) is 0.409. The zero-order valence-corrected chi connectivity index (χ0v) is 18.2. The second kappa shape index (κ2) is 8.43. The van der Waals surface area contributed by atoms with Crippen molar-refractivity contribution in [1.82, 2.24) is 19.9 Å². The van der Waals surface area contributed by atoms with Gasteiger partial charge in [0.1, 0.15) is 17.6 Å². The van der Waals surface area contributed by atoms with Gasteiger partial charge in [0, 0.05) is 36.1 Å². The van der Waals surface area contributed by atoms with Gasteiger partial charge in [-0.2, -0.15) is 0 Å². The van der Waals surface area contributed by atoms with Gasteiger partial charge in [-0.05, 0) is 45.2 Å². The molecular weight excluding hydrogens is 421 g/mol. The van der Waals surface area contributed by atoms with E-state index >= 15 is 0 Å². The van der Waals surface area contributed by atoms with Crippen LogP contribution in [0.4, 0.5) is 10.1 Å². The van der Waals surface area contributed by atoms with Crippen molar-refractivity contribution in [3.05, 3.63) is 47.4 Å². The summed E-state index contributed by atoms with van der Waals surface area (Å²) in [5.41, 5.74) is 0.121. The number of aliphatic hydroxyl groups is 1. The Morgan fingerprint density at radius 1 is 1.35 bits per heavy atom. The Hall–Kier alpha value is -2.71. The highest BCUT2D eigenvalue weighted by atomic mass is 35.5. The number of aromatic nitrogens is 3. The number of pyridine rings is 2. The molecule has 4 rings (SSSR count). The first-order valence-electron chi connectivity index (χ1n) is 10.3. The van der Waals surface area contributed by atoms with E-state index in [1.807, 2.05) is 22.9 Å². The molecule has 3 N–H and O–H groups in total. The standard InChI is InChI=1S/C22H25ClFN5O2/c1-22(2,31)18(24)12-27-21(30)16-11-25-19(9-17(16)28-15-4-3-5-15)29-7-6-13-8-14(23)10-26-20(13)29/h6-11,15,18,31H,3-5,12H2,1-2H3,(H,25,28)(H,27,30). The molecule has 0 saturated heterocycles. The average Bonchev–Trinajstić information content (AvgIpc) is 3.10. The number of hydrogen-bond acceptors (Lipinski definition) is 5. The largest absolute Gasteiger partial charge is 0.387 e. The van der Waals surface area contributed by atoms with Crippen molar-refractivity contribution < 1.29 is 14.3 Å². The number of halogens is 2. The van der Waals surface area contributed by atoms with Crippen LogP contribution in [0.2, 0.25) is 5.02 Å². The number of nitrogens with zero attached hydrogens (tertiary/aromatic N) is 3. The van der Waals surface area contributed by atoms with E-state index in [1.54, 1.807) is 12.3 Å². The van der Waals surface area contributed by atoms with E-state index in [-0.39, 0.29) is 12.6 Å². The van der Waals surface area contributed by atoms with Crippen LogP contribution in [-0.4, -0.2) is 49.9 Å². The highest BCUT2D eigenvalue weighted by Crippen LogP contribution is 2.28. The quantitative estimate of drug-likeness (QED) is 0.513. The third-order valence-electron chi connectivity index (χ3n) is 5.55. The lowest BCUT2D eigenvalue weighted by molar-refractivity contribution is -0.00177. The van der Waals surface area contributed by atoms with Crippen LogP contribution in [0.3, 0.4) is 0 Å². The van der Waals surface area contributed by atoms with Gasteiger partial charge in [0.25, 0.3) is 5.91 Å². The first kappa shape index (κ1) is 21.5. The maximum atomic E-state index is 14.1. The van der Waals surface area contributed by atoms with Crippen molar-refractivity contribution >= 4 is 34.2 Å². The Morgan fingerprint density at radius 2 is 2.13 bits per heavy atom. The monoisotopic (exact) mass is 445 g/mol. The molecule has 31 heavy (non-hydrogen) atoms. The molecule has 7 nitrogen and oxygen atoms in total. The molecule has 0 bridgehead atoms. The number of amides is 1. The molecular formula is C22H25ClFN5O2. The summed E-state index contributed by atoms with van der Waals surface area (Å²) < 4.78 is 15.9. The number of nitrogens with one attached hydrogen (secondary N) is 2. The molecule has 1 amide bonds. The summed E-state index contributed by atoms with van der Waals surface area (Å²) in [7, 11) is 0. The number of carbonyl (C=O) groups excluding carboxylic acids is 1. The zero-order valence-electron chi connectivity index (χ0n) is 17.4. The molecule has 1 aliphatic rings. The van der Waals surface area contributed by atoms with Crippen molar-refractivity contribution in [2.24, 2.45) is 0 Å². The van der Waals surface area contributed by atoms with Crippen molar-refractivity contribution in [1.29, 1.82) is 0 Å². The Labute approximate surface area is 184 Å². The molecule has 164 valence electrons. The third kappa shape index (κ3) is 4.65. The minimum atomic E-state index is -1.59. The predicted molar refractivity (Wildman–Crippen MR) is 119 cm³/mol. The average molecular weight is 446 g/mol. The highest BCUT2D eigenvalue weighted by molar-refractivity contribution is 6.31. The van der Waals surface area contributed by atoms with Gasteiger partial charge in [-0.15, -0.1) is 0 Å². The summed E-state index contributed by atoms with van der Waals surface area (Å²) in [6.45, 7) is 2.44. The molecule has 1 unspecified atom stereocenters. The van der Waals surface area contributed by atoms with Gasteiger partial charge in [0.15, 0.2) is 0 Å². The van der Waals surface area contributed by atoms with Crippen LogP contribution in [0.15, 0.2) is 36.8 Å². The number of carbonyl (C=O) groups is 1. The van der Waals surface area contributed by atoms with Crippen LogP contribution in [0.1, 0.15) is 43.5 Å². The second-order valence-corrected chi connectivity index (χ2v) is 8.88. The molecule has 1 fully saturated rings. The number of hydrogen-bond donors (Lipinski definition) is 3. The number of rotatable bonds is 7. The van der Waals surface area contributed by atoms with Crippen molar-refractivity contribution in [3.8, 4) is 5.82 Å². The highest BCUT2D eigenvalue weighted by Gasteiger charge is 2.28. The molecule has 0 radical (unpaired) electrons.